The molecule has 3 rings (SSSR count). The summed E-state index contributed by atoms with van der Waals surface area (Å²) in [5, 5.41) is 3.44. The minimum Gasteiger partial charge on any atom is -0.383 e. The zero-order valence-corrected chi connectivity index (χ0v) is 11.5. The van der Waals surface area contributed by atoms with E-state index in [1.54, 1.807) is 0 Å². The van der Waals surface area contributed by atoms with Crippen molar-refractivity contribution in [1.82, 2.24) is 9.97 Å². The van der Waals surface area contributed by atoms with Gasteiger partial charge >= 0.3 is 0 Å². The Morgan fingerprint density at radius 1 is 1.32 bits per heavy atom. The van der Waals surface area contributed by atoms with E-state index in [2.05, 4.69) is 15.3 Å². The van der Waals surface area contributed by atoms with Crippen molar-refractivity contribution in [3.8, 4) is 0 Å². The Hall–Kier alpha value is -1.36. The molecule has 1 aliphatic carbocycles. The number of nitrogens with one attached hydrogen (secondary N) is 1. The molecule has 2 fully saturated rings. The summed E-state index contributed by atoms with van der Waals surface area (Å²) in [4.78, 5) is 9.03. The molecular formula is C14H22N4O. The Morgan fingerprint density at radius 2 is 2.16 bits per heavy atom. The molecule has 1 saturated carbocycles. The van der Waals surface area contributed by atoms with Crippen LogP contribution in [0.1, 0.15) is 43.0 Å². The van der Waals surface area contributed by atoms with E-state index in [4.69, 9.17) is 10.5 Å². The third kappa shape index (κ3) is 2.97. The zero-order chi connectivity index (χ0) is 13.2. The smallest absolute Gasteiger partial charge is 0.136 e. The molecule has 2 aliphatic rings. The van der Waals surface area contributed by atoms with Crippen LogP contribution in [0.5, 0.6) is 0 Å². The van der Waals surface area contributed by atoms with Crippen molar-refractivity contribution >= 4 is 11.6 Å². The summed E-state index contributed by atoms with van der Waals surface area (Å²) in [5.41, 5.74) is 6.94. The SMILES string of the molecule is Cc1c(N)nc(C2CC2)nc1NCC1CCCOC1. The van der Waals surface area contributed by atoms with E-state index in [0.717, 1.165) is 43.4 Å². The number of aromatic nitrogens is 2. The molecule has 1 atom stereocenters. The topological polar surface area (TPSA) is 73.1 Å². The lowest BCUT2D eigenvalue weighted by atomic mass is 10.0. The Labute approximate surface area is 114 Å². The van der Waals surface area contributed by atoms with Crippen molar-refractivity contribution in [3.63, 3.8) is 0 Å². The molecule has 0 aromatic carbocycles. The number of ether oxygens (including phenoxy) is 1. The molecule has 3 N–H and O–H groups in total. The van der Waals surface area contributed by atoms with Gasteiger partial charge in [0.05, 0.1) is 6.61 Å². The summed E-state index contributed by atoms with van der Waals surface area (Å²) in [6.07, 6.45) is 4.77. The number of hydrogen-bond acceptors (Lipinski definition) is 5. The molecular weight excluding hydrogens is 240 g/mol. The summed E-state index contributed by atoms with van der Waals surface area (Å²) < 4.78 is 5.50. The molecule has 19 heavy (non-hydrogen) atoms. The lowest BCUT2D eigenvalue weighted by molar-refractivity contribution is 0.0595. The molecule has 1 unspecified atom stereocenters. The third-order valence-corrected chi connectivity index (χ3v) is 3.96. The van der Waals surface area contributed by atoms with Crippen LogP contribution in [0.4, 0.5) is 11.6 Å². The molecule has 2 heterocycles. The second kappa shape index (κ2) is 5.33. The van der Waals surface area contributed by atoms with E-state index in [9.17, 15) is 0 Å². The summed E-state index contributed by atoms with van der Waals surface area (Å²) in [5.74, 6) is 3.53. The van der Waals surface area contributed by atoms with Crippen LogP contribution in [-0.2, 0) is 4.74 Å². The summed E-state index contributed by atoms with van der Waals surface area (Å²) in [6.45, 7) is 4.64. The lowest BCUT2D eigenvalue weighted by Gasteiger charge is -2.23. The first-order chi connectivity index (χ1) is 9.24. The minimum atomic E-state index is 0.529. The molecule has 1 aromatic heterocycles. The van der Waals surface area contributed by atoms with Gasteiger partial charge in [0.25, 0.3) is 0 Å². The first kappa shape index (κ1) is 12.7. The predicted octanol–water partition coefficient (Wildman–Crippen LogP) is 2.08. The predicted molar refractivity (Wildman–Crippen MR) is 75.2 cm³/mol. The van der Waals surface area contributed by atoms with Gasteiger partial charge in [0.2, 0.25) is 0 Å². The number of nitrogens with two attached hydrogens (primary N) is 1. The van der Waals surface area contributed by atoms with Crippen molar-refractivity contribution in [2.24, 2.45) is 5.92 Å². The molecule has 0 spiro atoms. The third-order valence-electron chi connectivity index (χ3n) is 3.96. The highest BCUT2D eigenvalue weighted by Crippen LogP contribution is 2.39. The van der Waals surface area contributed by atoms with Gasteiger partial charge in [-0.2, -0.15) is 0 Å². The fourth-order valence-corrected chi connectivity index (χ4v) is 2.46. The Kier molecular flexibility index (Phi) is 3.55. The maximum atomic E-state index is 5.98. The first-order valence-electron chi connectivity index (χ1n) is 7.19. The second-order valence-electron chi connectivity index (χ2n) is 5.68. The van der Waals surface area contributed by atoms with Crippen molar-refractivity contribution in [2.45, 2.75) is 38.5 Å². The molecule has 0 amide bonds. The van der Waals surface area contributed by atoms with E-state index in [-0.39, 0.29) is 0 Å². The van der Waals surface area contributed by atoms with Crippen LogP contribution in [0, 0.1) is 12.8 Å². The van der Waals surface area contributed by atoms with Crippen LogP contribution in [0.2, 0.25) is 0 Å². The largest absolute Gasteiger partial charge is 0.383 e. The van der Waals surface area contributed by atoms with Crippen LogP contribution in [-0.4, -0.2) is 29.7 Å². The number of hydrogen-bond donors (Lipinski definition) is 2. The van der Waals surface area contributed by atoms with Crippen molar-refractivity contribution in [1.29, 1.82) is 0 Å². The zero-order valence-electron chi connectivity index (χ0n) is 11.5. The molecule has 0 radical (unpaired) electrons. The molecule has 5 nitrogen and oxygen atoms in total. The highest BCUT2D eigenvalue weighted by molar-refractivity contribution is 5.55. The standard InChI is InChI=1S/C14H22N4O/c1-9-12(15)17-14(11-4-5-11)18-13(9)16-7-10-3-2-6-19-8-10/h10-11H,2-8H2,1H3,(H3,15,16,17,18). The van der Waals surface area contributed by atoms with Crippen LogP contribution >= 0.6 is 0 Å². The van der Waals surface area contributed by atoms with Crippen molar-refractivity contribution in [2.75, 3.05) is 30.8 Å². The van der Waals surface area contributed by atoms with E-state index < -0.39 is 0 Å². The first-order valence-corrected chi connectivity index (χ1v) is 7.19. The Morgan fingerprint density at radius 3 is 2.84 bits per heavy atom. The van der Waals surface area contributed by atoms with Gasteiger partial charge in [-0.1, -0.05) is 0 Å². The number of anilines is 2. The van der Waals surface area contributed by atoms with E-state index in [1.807, 2.05) is 6.92 Å². The maximum absolute atomic E-state index is 5.98. The van der Waals surface area contributed by atoms with Gasteiger partial charge in [0.1, 0.15) is 17.5 Å². The minimum absolute atomic E-state index is 0.529. The van der Waals surface area contributed by atoms with Gasteiger partial charge < -0.3 is 15.8 Å². The molecule has 5 heteroatoms. The second-order valence-corrected chi connectivity index (χ2v) is 5.68. The summed E-state index contributed by atoms with van der Waals surface area (Å²) in [7, 11) is 0. The van der Waals surface area contributed by atoms with Crippen LogP contribution in [0.25, 0.3) is 0 Å². The van der Waals surface area contributed by atoms with E-state index in [0.29, 0.717) is 17.7 Å². The normalized spacial score (nSPS) is 23.3. The van der Waals surface area contributed by atoms with Gasteiger partial charge in [-0.15, -0.1) is 0 Å². The van der Waals surface area contributed by atoms with Gasteiger partial charge in [-0.25, -0.2) is 9.97 Å². The van der Waals surface area contributed by atoms with E-state index in [1.165, 1.54) is 19.3 Å². The Bertz CT molecular complexity index is 453. The summed E-state index contributed by atoms with van der Waals surface area (Å²) in [6, 6.07) is 0. The number of nitrogens with zero attached hydrogens (tertiary/aromatic N) is 2. The lowest BCUT2D eigenvalue weighted by Crippen LogP contribution is -2.25. The average Bonchev–Trinajstić information content (AvgIpc) is 3.26. The highest BCUT2D eigenvalue weighted by atomic mass is 16.5. The van der Waals surface area contributed by atoms with Gasteiger partial charge in [0.15, 0.2) is 0 Å². The van der Waals surface area contributed by atoms with Gasteiger partial charge in [-0.05, 0) is 38.5 Å². The quantitative estimate of drug-likeness (QED) is 0.869. The van der Waals surface area contributed by atoms with E-state index >= 15 is 0 Å². The van der Waals surface area contributed by atoms with Crippen LogP contribution in [0.15, 0.2) is 0 Å². The number of rotatable bonds is 4. The molecule has 1 aliphatic heterocycles. The molecule has 0 bridgehead atoms. The molecule has 1 aromatic rings. The Balaban J connectivity index is 1.68. The van der Waals surface area contributed by atoms with Crippen LogP contribution < -0.4 is 11.1 Å². The van der Waals surface area contributed by atoms with Crippen LogP contribution in [0.3, 0.4) is 0 Å². The van der Waals surface area contributed by atoms with Gasteiger partial charge in [-0.3, -0.25) is 0 Å². The maximum Gasteiger partial charge on any atom is 0.136 e. The number of nitrogen functional groups attached to an aromatic ring is 1. The van der Waals surface area contributed by atoms with Crippen molar-refractivity contribution in [3.05, 3.63) is 11.4 Å². The fourth-order valence-electron chi connectivity index (χ4n) is 2.46. The van der Waals surface area contributed by atoms with Crippen molar-refractivity contribution < 1.29 is 4.74 Å². The fraction of sp³-hybridized carbons (Fsp3) is 0.714. The molecule has 104 valence electrons. The molecule has 1 saturated heterocycles. The van der Waals surface area contributed by atoms with Gasteiger partial charge in [0, 0.05) is 24.6 Å². The monoisotopic (exact) mass is 262 g/mol. The average molecular weight is 262 g/mol. The summed E-state index contributed by atoms with van der Waals surface area (Å²) >= 11 is 0. The highest BCUT2D eigenvalue weighted by Gasteiger charge is 2.28.